The maximum absolute atomic E-state index is 13.3. The number of ether oxygens (including phenoxy) is 1. The number of aliphatic imine (C=N–C) groups is 1. The Bertz CT molecular complexity index is 690. The second-order valence-corrected chi connectivity index (χ2v) is 5.51. The van der Waals surface area contributed by atoms with E-state index in [0.29, 0.717) is 30.4 Å². The monoisotopic (exact) mass is 305 g/mol. The lowest BCUT2D eigenvalue weighted by Gasteiger charge is -2.10. The molecule has 0 bridgehead atoms. The average molecular weight is 305 g/mol. The van der Waals surface area contributed by atoms with Crippen molar-refractivity contribution in [3.8, 4) is 0 Å². The summed E-state index contributed by atoms with van der Waals surface area (Å²) in [7, 11) is 0. The van der Waals surface area contributed by atoms with Crippen LogP contribution in [0.15, 0.2) is 27.6 Å². The van der Waals surface area contributed by atoms with Crippen LogP contribution in [0.1, 0.15) is 24.2 Å². The van der Waals surface area contributed by atoms with Crippen LogP contribution in [-0.4, -0.2) is 25.2 Å². The summed E-state index contributed by atoms with van der Waals surface area (Å²) in [4.78, 5) is 4.27. The van der Waals surface area contributed by atoms with Crippen molar-refractivity contribution in [3.63, 3.8) is 0 Å². The van der Waals surface area contributed by atoms with Gasteiger partial charge >= 0.3 is 0 Å². The Morgan fingerprint density at radius 3 is 3.14 bits per heavy atom. The summed E-state index contributed by atoms with van der Waals surface area (Å²) in [5.41, 5.74) is 7.41. The summed E-state index contributed by atoms with van der Waals surface area (Å²) in [5.74, 6) is 0.785. The van der Waals surface area contributed by atoms with Gasteiger partial charge in [0.25, 0.3) is 0 Å². The number of nitrogens with one attached hydrogen (secondary N) is 1. The number of benzene rings is 1. The third-order valence-electron chi connectivity index (χ3n) is 3.92. The first-order chi connectivity index (χ1) is 10.6. The standard InChI is InChI=1S/C16H20FN3O2/c1-10-13-7-11(17)4-5-14(13)22-15(10)9-20-16(18)19-8-12-3-2-6-21-12/h4-5,7,12H,2-3,6,8-9H2,1H3,(H3,18,19,20). The Morgan fingerprint density at radius 1 is 1.50 bits per heavy atom. The van der Waals surface area contributed by atoms with E-state index >= 15 is 0 Å². The van der Waals surface area contributed by atoms with Crippen LogP contribution in [0.4, 0.5) is 4.39 Å². The van der Waals surface area contributed by atoms with Crippen LogP contribution in [0.2, 0.25) is 0 Å². The Kier molecular flexibility index (Phi) is 4.29. The Morgan fingerprint density at radius 2 is 2.36 bits per heavy atom. The van der Waals surface area contributed by atoms with Gasteiger partial charge in [-0.3, -0.25) is 0 Å². The highest BCUT2D eigenvalue weighted by Crippen LogP contribution is 2.26. The van der Waals surface area contributed by atoms with E-state index in [1.807, 2.05) is 6.92 Å². The number of guanidine groups is 1. The number of hydrogen-bond acceptors (Lipinski definition) is 3. The molecule has 2 heterocycles. The van der Waals surface area contributed by atoms with Gasteiger partial charge in [-0.2, -0.15) is 0 Å². The number of hydrogen-bond donors (Lipinski definition) is 2. The first-order valence-electron chi connectivity index (χ1n) is 7.46. The fraction of sp³-hybridized carbons (Fsp3) is 0.438. The zero-order valence-electron chi connectivity index (χ0n) is 12.6. The lowest BCUT2D eigenvalue weighted by Crippen LogP contribution is -2.37. The molecular weight excluding hydrogens is 285 g/mol. The predicted molar refractivity (Wildman–Crippen MR) is 83.2 cm³/mol. The highest BCUT2D eigenvalue weighted by atomic mass is 19.1. The first-order valence-corrected chi connectivity index (χ1v) is 7.46. The molecule has 6 heteroatoms. The fourth-order valence-corrected chi connectivity index (χ4v) is 2.63. The number of fused-ring (bicyclic) bond motifs is 1. The van der Waals surface area contributed by atoms with Crippen molar-refractivity contribution in [1.82, 2.24) is 5.32 Å². The van der Waals surface area contributed by atoms with Gasteiger partial charge in [0.2, 0.25) is 0 Å². The van der Waals surface area contributed by atoms with E-state index in [2.05, 4.69) is 10.3 Å². The molecule has 5 nitrogen and oxygen atoms in total. The van der Waals surface area contributed by atoms with Crippen molar-refractivity contribution >= 4 is 16.9 Å². The number of nitrogens with zero attached hydrogens (tertiary/aromatic N) is 1. The second kappa shape index (κ2) is 6.36. The minimum absolute atomic E-state index is 0.213. The van der Waals surface area contributed by atoms with Crippen molar-refractivity contribution in [1.29, 1.82) is 0 Å². The number of nitrogens with two attached hydrogens (primary N) is 1. The van der Waals surface area contributed by atoms with Crippen molar-refractivity contribution in [2.45, 2.75) is 32.4 Å². The lowest BCUT2D eigenvalue weighted by molar-refractivity contribution is 0.114. The highest BCUT2D eigenvalue weighted by Gasteiger charge is 2.15. The smallest absolute Gasteiger partial charge is 0.189 e. The van der Waals surface area contributed by atoms with Crippen molar-refractivity contribution in [3.05, 3.63) is 35.3 Å². The summed E-state index contributed by atoms with van der Waals surface area (Å²) in [5, 5.41) is 3.83. The molecule has 3 N–H and O–H groups in total. The minimum Gasteiger partial charge on any atom is -0.459 e. The van der Waals surface area contributed by atoms with Crippen LogP contribution in [0.5, 0.6) is 0 Å². The third-order valence-corrected chi connectivity index (χ3v) is 3.92. The maximum atomic E-state index is 13.3. The van der Waals surface area contributed by atoms with Gasteiger partial charge in [0.1, 0.15) is 23.7 Å². The van der Waals surface area contributed by atoms with Crippen LogP contribution in [-0.2, 0) is 11.3 Å². The summed E-state index contributed by atoms with van der Waals surface area (Å²) in [6.45, 7) is 3.70. The van der Waals surface area contributed by atoms with E-state index in [4.69, 9.17) is 14.9 Å². The Labute approximate surface area is 128 Å². The first kappa shape index (κ1) is 14.8. The summed E-state index contributed by atoms with van der Waals surface area (Å²) < 4.78 is 24.5. The molecule has 0 aliphatic carbocycles. The number of aryl methyl sites for hydroxylation is 1. The van der Waals surface area contributed by atoms with Gasteiger partial charge in [0.15, 0.2) is 5.96 Å². The quantitative estimate of drug-likeness (QED) is 0.672. The third kappa shape index (κ3) is 3.22. The lowest BCUT2D eigenvalue weighted by atomic mass is 10.1. The van der Waals surface area contributed by atoms with Gasteiger partial charge in [-0.15, -0.1) is 0 Å². The molecule has 2 aromatic rings. The molecule has 3 rings (SSSR count). The van der Waals surface area contributed by atoms with Crippen LogP contribution >= 0.6 is 0 Å². The topological polar surface area (TPSA) is 72.8 Å². The molecule has 1 unspecified atom stereocenters. The Hall–Kier alpha value is -2.08. The molecule has 1 fully saturated rings. The van der Waals surface area contributed by atoms with E-state index in [0.717, 1.165) is 30.4 Å². The van der Waals surface area contributed by atoms with E-state index in [-0.39, 0.29) is 11.9 Å². The number of rotatable bonds is 4. The molecule has 1 aromatic heterocycles. The molecule has 0 spiro atoms. The van der Waals surface area contributed by atoms with Gasteiger partial charge in [-0.25, -0.2) is 9.38 Å². The van der Waals surface area contributed by atoms with E-state index in [9.17, 15) is 4.39 Å². The minimum atomic E-state index is -0.274. The zero-order chi connectivity index (χ0) is 15.5. The molecule has 1 saturated heterocycles. The van der Waals surface area contributed by atoms with Gasteiger partial charge in [-0.1, -0.05) is 0 Å². The zero-order valence-corrected chi connectivity index (χ0v) is 12.6. The van der Waals surface area contributed by atoms with Crippen molar-refractivity contribution in [2.75, 3.05) is 13.2 Å². The van der Waals surface area contributed by atoms with Crippen LogP contribution < -0.4 is 11.1 Å². The van der Waals surface area contributed by atoms with Crippen LogP contribution in [0.3, 0.4) is 0 Å². The predicted octanol–water partition coefficient (Wildman–Crippen LogP) is 2.46. The van der Waals surface area contributed by atoms with Crippen LogP contribution in [0.25, 0.3) is 11.0 Å². The van der Waals surface area contributed by atoms with Gasteiger partial charge in [0.05, 0.1) is 6.10 Å². The summed E-state index contributed by atoms with van der Waals surface area (Å²) in [6.07, 6.45) is 2.36. The Balaban J connectivity index is 1.64. The fourth-order valence-electron chi connectivity index (χ4n) is 2.63. The van der Waals surface area contributed by atoms with E-state index in [1.54, 1.807) is 6.07 Å². The molecule has 22 heavy (non-hydrogen) atoms. The highest BCUT2D eigenvalue weighted by molar-refractivity contribution is 5.82. The van der Waals surface area contributed by atoms with Gasteiger partial charge in [-0.05, 0) is 38.0 Å². The second-order valence-electron chi connectivity index (χ2n) is 5.51. The molecule has 1 aliphatic heterocycles. The van der Waals surface area contributed by atoms with E-state index in [1.165, 1.54) is 12.1 Å². The summed E-state index contributed by atoms with van der Waals surface area (Å²) in [6, 6.07) is 4.49. The molecular formula is C16H20FN3O2. The largest absolute Gasteiger partial charge is 0.459 e. The molecule has 1 aliphatic rings. The average Bonchev–Trinajstić information content (AvgIpc) is 3.12. The molecule has 1 aromatic carbocycles. The molecule has 0 radical (unpaired) electrons. The van der Waals surface area contributed by atoms with Gasteiger partial charge < -0.3 is 20.2 Å². The molecule has 0 amide bonds. The van der Waals surface area contributed by atoms with Crippen molar-refractivity contribution < 1.29 is 13.5 Å². The molecule has 1 atom stereocenters. The van der Waals surface area contributed by atoms with Gasteiger partial charge in [0, 0.05) is 24.1 Å². The van der Waals surface area contributed by atoms with Crippen molar-refractivity contribution in [2.24, 2.45) is 10.7 Å². The molecule has 118 valence electrons. The SMILES string of the molecule is Cc1c(CN=C(N)NCC2CCCO2)oc2ccc(F)cc12. The molecule has 0 saturated carbocycles. The number of halogens is 1. The maximum Gasteiger partial charge on any atom is 0.189 e. The summed E-state index contributed by atoms with van der Waals surface area (Å²) >= 11 is 0. The van der Waals surface area contributed by atoms with Crippen LogP contribution in [0, 0.1) is 12.7 Å². The normalized spacial score (nSPS) is 19.0. The number of furan rings is 1. The van der Waals surface area contributed by atoms with E-state index < -0.39 is 0 Å².